The Kier molecular flexibility index (Phi) is 18.7. The zero-order chi connectivity index (χ0) is 90.9. The normalized spacial score (nSPS) is 13.0. The van der Waals surface area contributed by atoms with Crippen molar-refractivity contribution in [3.8, 4) is 123 Å². The van der Waals surface area contributed by atoms with E-state index in [2.05, 4.69) is 541 Å². The fourth-order valence-corrected chi connectivity index (χ4v) is 23.2. The van der Waals surface area contributed by atoms with E-state index in [0.29, 0.717) is 0 Å². The number of para-hydroxylation sites is 6. The van der Waals surface area contributed by atoms with Crippen LogP contribution in [0.25, 0.3) is 167 Å². The van der Waals surface area contributed by atoms with Crippen LogP contribution in [0.4, 0.5) is 34.4 Å². The van der Waals surface area contributed by atoms with Crippen LogP contribution in [-0.2, 0) is 10.8 Å². The van der Waals surface area contributed by atoms with Gasteiger partial charge in [-0.3, -0.25) is 9.80 Å². The van der Waals surface area contributed by atoms with Gasteiger partial charge in [-0.15, -0.1) is 0 Å². The predicted molar refractivity (Wildman–Crippen MR) is 572 cm³/mol. The van der Waals surface area contributed by atoms with Gasteiger partial charge in [0.2, 0.25) is 0 Å². The molecule has 644 valence electrons. The number of hydrogen-bond donors (Lipinski definition) is 0. The molecule has 20 aromatic carbocycles. The Balaban J connectivity index is 0.000000139. The van der Waals surface area contributed by atoms with Gasteiger partial charge in [0.25, 0.3) is 0 Å². The van der Waals surface area contributed by atoms with Gasteiger partial charge in [0.05, 0.1) is 67.0 Å². The standard InChI is InChI=1S/2C66H43N3/c1-4-19-44(20-5-1)47-25-18-26-51(39-47)68-61-32-15-11-28-53(61)55-41-49(36-38-62(55)68)48-35-37-57-54(40-48)52-27-10-12-29-56(52)66(57)58-30-13-16-33-63(58)69(64-34-17-14-31-59(64)66)65-43-50(45-21-6-2-7-22-45)42-60(67-65)46-23-8-3-9-24-46;1-4-18-44(19-5-1)46-32-36-51(37-33-46)68-61-29-15-11-25-53(61)55-41-49(35-39-62(55)68)48-34-38-57-54(40-48)52-24-10-12-26-56(52)66(57)58-27-13-16-30-63(58)69(64-31-17-14-28-59(64)66)65-43-50(45-20-6-2-7-21-45)42-60(67-65)47-22-8-3-9-23-47/h2*1-43H. The smallest absolute Gasteiger partial charge is 0.138 e. The Labute approximate surface area is 801 Å². The van der Waals surface area contributed by atoms with Crippen LogP contribution in [0, 0.1) is 0 Å². The average molecular weight is 1760 g/mol. The van der Waals surface area contributed by atoms with E-state index >= 15 is 0 Å². The molecule has 0 saturated carbocycles. The fraction of sp³-hybridized carbons (Fsp3) is 0.0152. The van der Waals surface area contributed by atoms with Crippen LogP contribution in [-0.4, -0.2) is 19.1 Å². The first-order valence-corrected chi connectivity index (χ1v) is 47.6. The maximum absolute atomic E-state index is 5.50. The number of anilines is 6. The van der Waals surface area contributed by atoms with E-state index in [0.717, 1.165) is 90.5 Å². The largest absolute Gasteiger partial charge is 0.309 e. The second kappa shape index (κ2) is 32.4. The third-order valence-corrected chi connectivity index (χ3v) is 29.2. The molecule has 6 heteroatoms. The Morgan fingerprint density at radius 1 is 0.152 bits per heavy atom. The minimum absolute atomic E-state index is 0.569. The first kappa shape index (κ1) is 79.6. The Morgan fingerprint density at radius 3 is 0.848 bits per heavy atom. The lowest BCUT2D eigenvalue weighted by atomic mass is 9.64. The molecule has 138 heavy (non-hydrogen) atoms. The van der Waals surface area contributed by atoms with E-state index < -0.39 is 10.8 Å². The molecule has 6 heterocycles. The first-order chi connectivity index (χ1) is 68.4. The third kappa shape index (κ3) is 12.6. The lowest BCUT2D eigenvalue weighted by molar-refractivity contribution is 0.751. The van der Waals surface area contributed by atoms with Gasteiger partial charge in [-0.1, -0.05) is 400 Å². The number of benzene rings is 20. The third-order valence-electron chi connectivity index (χ3n) is 29.2. The number of aromatic nitrogens is 4. The average Bonchev–Trinajstić information content (AvgIpc) is 1.49. The highest BCUT2D eigenvalue weighted by Crippen LogP contribution is 2.66. The second-order valence-electron chi connectivity index (χ2n) is 36.5. The van der Waals surface area contributed by atoms with Crippen molar-refractivity contribution in [1.82, 2.24) is 19.1 Å². The summed E-state index contributed by atoms with van der Waals surface area (Å²) in [5.74, 6) is 1.76. The topological polar surface area (TPSA) is 42.1 Å². The SMILES string of the molecule is c1ccc(-c2ccc(-n3c4ccccc4c4cc(-c5ccc6c(c5)-c5ccccc5C65c6ccccc6N(c6cc(-c7ccccc7)cc(-c7ccccc7)n6)c6ccccc65)ccc43)cc2)cc1.c1ccc(-c2cccc(-n3c4ccccc4c4cc(-c5ccc6c(c5)-c5ccccc5C65c6ccccc6N(c6cc(-c7ccccc7)cc(-c7ccccc7)n6)c6ccccc65)ccc43)c2)cc1. The van der Waals surface area contributed by atoms with Crippen molar-refractivity contribution in [3.05, 3.63) is 566 Å². The maximum Gasteiger partial charge on any atom is 0.138 e. The number of nitrogens with zero attached hydrogens (tertiary/aromatic N) is 6. The van der Waals surface area contributed by atoms with Gasteiger partial charge >= 0.3 is 0 Å². The summed E-state index contributed by atoms with van der Waals surface area (Å²) in [6, 6.07) is 191. The van der Waals surface area contributed by atoms with Crippen molar-refractivity contribution in [2.75, 3.05) is 9.80 Å². The molecule has 0 fully saturated rings. The quantitative estimate of drug-likeness (QED) is 0.122. The molecular formula is C132H86N6. The lowest BCUT2D eigenvalue weighted by Gasteiger charge is -2.44. The summed E-state index contributed by atoms with van der Waals surface area (Å²) in [6.45, 7) is 0. The van der Waals surface area contributed by atoms with Crippen LogP contribution in [0.5, 0.6) is 0 Å². The molecule has 2 spiro atoms. The Bertz CT molecular complexity index is 8740. The van der Waals surface area contributed by atoms with Crippen molar-refractivity contribution >= 4 is 78.0 Å². The minimum Gasteiger partial charge on any atom is -0.309 e. The number of pyridine rings is 2. The Hall–Kier alpha value is -18.1. The van der Waals surface area contributed by atoms with Crippen molar-refractivity contribution in [1.29, 1.82) is 0 Å². The molecule has 0 radical (unpaired) electrons. The molecule has 0 saturated heterocycles. The van der Waals surface area contributed by atoms with E-state index in [9.17, 15) is 0 Å². The zero-order valence-corrected chi connectivity index (χ0v) is 75.3. The van der Waals surface area contributed by atoms with Crippen LogP contribution in [0.2, 0.25) is 0 Å². The number of fused-ring (bicyclic) bond motifs is 24. The summed E-state index contributed by atoms with van der Waals surface area (Å²) in [4.78, 5) is 15.8. The molecule has 0 amide bonds. The molecule has 2 aliphatic heterocycles. The van der Waals surface area contributed by atoms with Crippen LogP contribution in [0.15, 0.2) is 522 Å². The molecule has 0 unspecified atom stereocenters. The molecule has 0 N–H and O–H groups in total. The minimum atomic E-state index is -0.570. The van der Waals surface area contributed by atoms with Gasteiger partial charge < -0.3 is 9.13 Å². The van der Waals surface area contributed by atoms with Gasteiger partial charge in [-0.25, -0.2) is 9.97 Å². The molecular weight excluding hydrogens is 1670 g/mol. The first-order valence-electron chi connectivity index (χ1n) is 47.6. The van der Waals surface area contributed by atoms with Gasteiger partial charge in [0.15, 0.2) is 0 Å². The molecule has 0 atom stereocenters. The summed E-state index contributed by atoms with van der Waals surface area (Å²) < 4.78 is 4.82. The molecule has 24 aromatic rings. The van der Waals surface area contributed by atoms with Crippen molar-refractivity contribution < 1.29 is 0 Å². The molecule has 4 aliphatic rings. The molecule has 6 nitrogen and oxygen atoms in total. The monoisotopic (exact) mass is 1750 g/mol. The summed E-state index contributed by atoms with van der Waals surface area (Å²) in [5, 5.41) is 4.96. The van der Waals surface area contributed by atoms with Crippen LogP contribution in [0.3, 0.4) is 0 Å². The highest BCUT2D eigenvalue weighted by Gasteiger charge is 2.54. The number of hydrogen-bond acceptors (Lipinski definition) is 4. The van der Waals surface area contributed by atoms with Gasteiger partial charge in [0, 0.05) is 44.0 Å². The molecule has 28 rings (SSSR count). The maximum atomic E-state index is 5.50. The van der Waals surface area contributed by atoms with Crippen LogP contribution in [0.1, 0.15) is 44.5 Å². The fourth-order valence-electron chi connectivity index (χ4n) is 23.2. The second-order valence-corrected chi connectivity index (χ2v) is 36.5. The van der Waals surface area contributed by atoms with E-state index in [1.807, 2.05) is 0 Å². The molecule has 4 aromatic heterocycles. The lowest BCUT2D eigenvalue weighted by Crippen LogP contribution is -2.36. The van der Waals surface area contributed by atoms with E-state index in [4.69, 9.17) is 9.97 Å². The van der Waals surface area contributed by atoms with E-state index in [-0.39, 0.29) is 0 Å². The highest BCUT2D eigenvalue weighted by atomic mass is 15.2. The van der Waals surface area contributed by atoms with Gasteiger partial charge in [0.1, 0.15) is 11.6 Å². The number of rotatable bonds is 12. The summed E-state index contributed by atoms with van der Waals surface area (Å²) in [6.07, 6.45) is 0. The summed E-state index contributed by atoms with van der Waals surface area (Å²) in [5.41, 5.74) is 43.8. The molecule has 0 bridgehead atoms. The van der Waals surface area contributed by atoms with Crippen molar-refractivity contribution in [2.24, 2.45) is 0 Å². The van der Waals surface area contributed by atoms with Crippen LogP contribution >= 0.6 is 0 Å². The van der Waals surface area contributed by atoms with E-state index in [1.54, 1.807) is 0 Å². The molecule has 2 aliphatic carbocycles. The van der Waals surface area contributed by atoms with Crippen LogP contribution < -0.4 is 9.80 Å². The summed E-state index contributed by atoms with van der Waals surface area (Å²) in [7, 11) is 0. The van der Waals surface area contributed by atoms with E-state index in [1.165, 1.54) is 155 Å². The van der Waals surface area contributed by atoms with Gasteiger partial charge in [-0.2, -0.15) is 0 Å². The van der Waals surface area contributed by atoms with Gasteiger partial charge in [-0.05, 0) is 255 Å². The highest BCUT2D eigenvalue weighted by molar-refractivity contribution is 6.13. The van der Waals surface area contributed by atoms with Crippen molar-refractivity contribution in [2.45, 2.75) is 10.8 Å². The van der Waals surface area contributed by atoms with Crippen molar-refractivity contribution in [3.63, 3.8) is 0 Å². The Morgan fingerprint density at radius 2 is 0.435 bits per heavy atom. The zero-order valence-electron chi connectivity index (χ0n) is 75.3. The summed E-state index contributed by atoms with van der Waals surface area (Å²) >= 11 is 0. The predicted octanol–water partition coefficient (Wildman–Crippen LogP) is 34.0.